The molecule has 7 aromatic carbocycles. The lowest BCUT2D eigenvalue weighted by atomic mass is 9.89. The van der Waals surface area contributed by atoms with Crippen LogP contribution in [0, 0.1) is 0 Å². The van der Waals surface area contributed by atoms with Crippen molar-refractivity contribution in [1.82, 2.24) is 4.57 Å². The molecule has 1 aromatic heterocycles. The third-order valence-corrected chi connectivity index (χ3v) is 10.6. The third-order valence-electron chi connectivity index (χ3n) is 10.6. The molecule has 2 heteroatoms. The summed E-state index contributed by atoms with van der Waals surface area (Å²) < 4.78 is 2.48. The van der Waals surface area contributed by atoms with Gasteiger partial charge < -0.3 is 9.47 Å². The molecular weight excluding hydrogens is 593 g/mol. The van der Waals surface area contributed by atoms with E-state index in [1.807, 2.05) is 0 Å². The fourth-order valence-electron chi connectivity index (χ4n) is 8.19. The molecule has 2 heterocycles. The lowest BCUT2D eigenvalue weighted by Gasteiger charge is -2.28. The molecule has 49 heavy (non-hydrogen) atoms. The maximum Gasteiger partial charge on any atom is 0.0629 e. The highest BCUT2D eigenvalue weighted by Gasteiger charge is 2.37. The lowest BCUT2D eigenvalue weighted by molar-refractivity contribution is 0.745. The summed E-state index contributed by atoms with van der Waals surface area (Å²) in [5.41, 5.74) is 12.7. The Morgan fingerprint density at radius 3 is 2.06 bits per heavy atom. The summed E-state index contributed by atoms with van der Waals surface area (Å²) >= 11 is 0. The minimum Gasteiger partial charge on any atom is -0.336 e. The summed E-state index contributed by atoms with van der Waals surface area (Å²) in [4.78, 5) is 2.52. The molecule has 0 spiro atoms. The topological polar surface area (TPSA) is 8.17 Å². The van der Waals surface area contributed by atoms with Crippen molar-refractivity contribution < 1.29 is 0 Å². The number of benzene rings is 7. The molecule has 1 aliphatic carbocycles. The van der Waals surface area contributed by atoms with Gasteiger partial charge in [0.05, 0.1) is 6.04 Å². The van der Waals surface area contributed by atoms with Gasteiger partial charge in [-0.1, -0.05) is 133 Å². The molecule has 10 rings (SSSR count). The summed E-state index contributed by atoms with van der Waals surface area (Å²) in [6.45, 7) is 0.831. The van der Waals surface area contributed by atoms with Crippen molar-refractivity contribution in [3.05, 3.63) is 193 Å². The van der Waals surface area contributed by atoms with Crippen LogP contribution in [0.15, 0.2) is 182 Å². The first kappa shape index (κ1) is 27.9. The lowest BCUT2D eigenvalue weighted by Crippen LogP contribution is -2.28. The molecule has 0 saturated carbocycles. The van der Waals surface area contributed by atoms with Crippen LogP contribution < -0.4 is 4.90 Å². The normalized spacial score (nSPS) is 16.4. The number of anilines is 2. The second-order valence-electron chi connectivity index (χ2n) is 13.4. The minimum atomic E-state index is 0.258. The monoisotopic (exact) mass is 626 g/mol. The summed E-state index contributed by atoms with van der Waals surface area (Å²) in [7, 11) is 0. The number of allylic oxidation sites excluding steroid dienone is 2. The molecule has 0 bridgehead atoms. The predicted octanol–water partition coefficient (Wildman–Crippen LogP) is 12.1. The van der Waals surface area contributed by atoms with E-state index in [1.54, 1.807) is 0 Å². The molecule has 2 aliphatic rings. The van der Waals surface area contributed by atoms with Gasteiger partial charge in [-0.25, -0.2) is 0 Å². The second-order valence-corrected chi connectivity index (χ2v) is 13.4. The van der Waals surface area contributed by atoms with E-state index in [9.17, 15) is 0 Å². The number of hydrogen-bond acceptors (Lipinski definition) is 1. The summed E-state index contributed by atoms with van der Waals surface area (Å²) in [6.07, 6.45) is 9.12. The number of para-hydroxylation sites is 1. The fraction of sp³-hybridized carbons (Fsp3) is 0.0638. The Hall–Kier alpha value is -6.12. The van der Waals surface area contributed by atoms with Gasteiger partial charge in [0.2, 0.25) is 0 Å². The van der Waals surface area contributed by atoms with E-state index >= 15 is 0 Å². The van der Waals surface area contributed by atoms with Crippen molar-refractivity contribution in [2.75, 3.05) is 4.90 Å². The Morgan fingerprint density at radius 1 is 0.469 bits per heavy atom. The number of hydrogen-bond donors (Lipinski definition) is 0. The van der Waals surface area contributed by atoms with Gasteiger partial charge >= 0.3 is 0 Å². The standard InChI is InChI=1S/C47H34N2/c1-2-10-33(11-3-1)35-20-24-39(25-21-35)49-46-17-9-7-15-41(46)43-30-38(23-27-47(43)49)37-22-26-45-42(29-37)40-14-6-8-16-44(40)48(45)31-32-18-19-34-12-4-5-13-36(34)28-32/h1-30,41,46H,31H2. The molecule has 0 amide bonds. The van der Waals surface area contributed by atoms with Gasteiger partial charge in [0.15, 0.2) is 0 Å². The van der Waals surface area contributed by atoms with Gasteiger partial charge in [-0.3, -0.25) is 0 Å². The van der Waals surface area contributed by atoms with Crippen LogP contribution in [0.25, 0.3) is 54.8 Å². The Morgan fingerprint density at radius 2 is 1.16 bits per heavy atom. The van der Waals surface area contributed by atoms with Gasteiger partial charge in [0.1, 0.15) is 0 Å². The molecule has 0 N–H and O–H groups in total. The van der Waals surface area contributed by atoms with Gasteiger partial charge in [-0.2, -0.15) is 0 Å². The number of rotatable bonds is 5. The van der Waals surface area contributed by atoms with Gasteiger partial charge in [0.25, 0.3) is 0 Å². The molecule has 1 aliphatic heterocycles. The molecule has 2 atom stereocenters. The minimum absolute atomic E-state index is 0.258. The van der Waals surface area contributed by atoms with E-state index in [-0.39, 0.29) is 6.04 Å². The Kier molecular flexibility index (Phi) is 6.41. The molecule has 232 valence electrons. The maximum atomic E-state index is 2.52. The highest BCUT2D eigenvalue weighted by atomic mass is 15.2. The van der Waals surface area contributed by atoms with Crippen LogP contribution in [0.1, 0.15) is 17.0 Å². The molecule has 0 radical (unpaired) electrons. The first-order chi connectivity index (χ1) is 24.3. The number of nitrogens with zero attached hydrogens (tertiary/aromatic N) is 2. The van der Waals surface area contributed by atoms with Crippen LogP contribution in [0.4, 0.5) is 11.4 Å². The maximum absolute atomic E-state index is 2.52. The number of fused-ring (bicyclic) bond motifs is 7. The first-order valence-corrected chi connectivity index (χ1v) is 17.2. The van der Waals surface area contributed by atoms with Crippen LogP contribution in [-0.2, 0) is 6.54 Å². The van der Waals surface area contributed by atoms with E-state index in [2.05, 4.69) is 191 Å². The van der Waals surface area contributed by atoms with Crippen molar-refractivity contribution >= 4 is 44.0 Å². The van der Waals surface area contributed by atoms with Crippen LogP contribution in [-0.4, -0.2) is 10.6 Å². The van der Waals surface area contributed by atoms with E-state index < -0.39 is 0 Å². The van der Waals surface area contributed by atoms with E-state index in [4.69, 9.17) is 0 Å². The Balaban J connectivity index is 1.03. The predicted molar refractivity (Wildman–Crippen MR) is 207 cm³/mol. The van der Waals surface area contributed by atoms with Gasteiger partial charge in [-0.05, 0) is 92.7 Å². The van der Waals surface area contributed by atoms with Crippen molar-refractivity contribution in [2.45, 2.75) is 18.5 Å². The average Bonchev–Trinajstić information content (AvgIpc) is 3.67. The Bertz CT molecular complexity index is 2590. The van der Waals surface area contributed by atoms with Crippen molar-refractivity contribution in [3.63, 3.8) is 0 Å². The highest BCUT2D eigenvalue weighted by molar-refractivity contribution is 6.09. The molecule has 8 aromatic rings. The summed E-state index contributed by atoms with van der Waals surface area (Å²) in [5, 5.41) is 5.16. The zero-order valence-corrected chi connectivity index (χ0v) is 27.1. The molecular formula is C47H34N2. The van der Waals surface area contributed by atoms with Crippen molar-refractivity contribution in [3.8, 4) is 22.3 Å². The molecule has 2 nitrogen and oxygen atoms in total. The molecule has 0 fully saturated rings. The molecule has 2 unspecified atom stereocenters. The quantitative estimate of drug-likeness (QED) is 0.185. The third kappa shape index (κ3) is 4.63. The van der Waals surface area contributed by atoms with Crippen LogP contribution in [0.3, 0.4) is 0 Å². The van der Waals surface area contributed by atoms with Crippen molar-refractivity contribution in [1.29, 1.82) is 0 Å². The molecule has 0 saturated heterocycles. The van der Waals surface area contributed by atoms with Crippen LogP contribution in [0.5, 0.6) is 0 Å². The van der Waals surface area contributed by atoms with E-state index in [0.29, 0.717) is 5.92 Å². The fourth-order valence-corrected chi connectivity index (χ4v) is 8.19. The van der Waals surface area contributed by atoms with Gasteiger partial charge in [0, 0.05) is 45.6 Å². The summed E-state index contributed by atoms with van der Waals surface area (Å²) in [5.74, 6) is 0.307. The van der Waals surface area contributed by atoms with Gasteiger partial charge in [-0.15, -0.1) is 0 Å². The summed E-state index contributed by atoms with van der Waals surface area (Å²) in [6, 6.07) is 58.3. The zero-order chi connectivity index (χ0) is 32.3. The largest absolute Gasteiger partial charge is 0.336 e. The van der Waals surface area contributed by atoms with Crippen LogP contribution in [0.2, 0.25) is 0 Å². The second kappa shape index (κ2) is 11.2. The van der Waals surface area contributed by atoms with E-state index in [0.717, 1.165) is 6.54 Å². The van der Waals surface area contributed by atoms with Crippen LogP contribution >= 0.6 is 0 Å². The SMILES string of the molecule is C1=CC2c3cc(-c4ccc5c(c4)c4ccccc4n5Cc4ccc5ccccc5c4)ccc3N(c3ccc(-c4ccccc4)cc3)C2C=C1. The average molecular weight is 627 g/mol. The van der Waals surface area contributed by atoms with E-state index in [1.165, 1.54) is 77.3 Å². The first-order valence-electron chi connectivity index (χ1n) is 17.2. The highest BCUT2D eigenvalue weighted by Crippen LogP contribution is 2.49. The van der Waals surface area contributed by atoms with Crippen molar-refractivity contribution in [2.24, 2.45) is 0 Å². The Labute approximate surface area is 286 Å². The smallest absolute Gasteiger partial charge is 0.0629 e. The zero-order valence-electron chi connectivity index (χ0n) is 27.1. The number of aromatic nitrogens is 1.